The molecule has 0 aromatic heterocycles. The molecule has 1 heterocycles. The zero-order chi connectivity index (χ0) is 28.6. The summed E-state index contributed by atoms with van der Waals surface area (Å²) in [7, 11) is 0.869. The highest BCUT2D eigenvalue weighted by molar-refractivity contribution is 7.91. The Balaban J connectivity index is 2.03. The van der Waals surface area contributed by atoms with Crippen molar-refractivity contribution in [1.29, 1.82) is 0 Å². The molecule has 0 bridgehead atoms. The van der Waals surface area contributed by atoms with E-state index in [1.807, 2.05) is 19.1 Å². The minimum Gasteiger partial charge on any atom is -0.493 e. The molecule has 3 atom stereocenters. The largest absolute Gasteiger partial charge is 0.493 e. The van der Waals surface area contributed by atoms with Crippen LogP contribution in [-0.2, 0) is 14.6 Å². The molecule has 1 fully saturated rings. The van der Waals surface area contributed by atoms with Crippen molar-refractivity contribution in [3.05, 3.63) is 35.4 Å². The number of aliphatic hydroxyl groups is 1. The van der Waals surface area contributed by atoms with Crippen LogP contribution in [0.2, 0.25) is 0 Å². The Labute approximate surface area is 231 Å². The highest BCUT2D eigenvalue weighted by atomic mass is 32.2. The molecule has 1 unspecified atom stereocenters. The number of benzene rings is 2. The molecule has 3 N–H and O–H groups in total. The van der Waals surface area contributed by atoms with Crippen molar-refractivity contribution in [1.82, 2.24) is 0 Å². The first-order chi connectivity index (χ1) is 18.7. The molecule has 0 spiro atoms. The highest BCUT2D eigenvalue weighted by Crippen LogP contribution is 2.48. The maximum Gasteiger partial charge on any atom is 0.203 e. The van der Waals surface area contributed by atoms with E-state index >= 15 is 0 Å². The Morgan fingerprint density at radius 2 is 1.51 bits per heavy atom. The average Bonchev–Trinajstić information content (AvgIpc) is 3.41. The Bertz CT molecular complexity index is 1170. The maximum atomic E-state index is 13.4. The summed E-state index contributed by atoms with van der Waals surface area (Å²) in [6, 6.07) is 6.54. The monoisotopic (exact) mass is 567 g/mol. The Morgan fingerprint density at radius 3 is 2.03 bits per heavy atom. The van der Waals surface area contributed by atoms with Gasteiger partial charge in [-0.05, 0) is 61.6 Å². The van der Waals surface area contributed by atoms with Gasteiger partial charge in [0.2, 0.25) is 5.75 Å². The van der Waals surface area contributed by atoms with Crippen LogP contribution in [-0.4, -0.2) is 66.5 Å². The maximum absolute atomic E-state index is 13.4. The molecular formula is C28H41NO9S. The topological polar surface area (TPSA) is 136 Å². The second-order valence-corrected chi connectivity index (χ2v) is 11.5. The SMILES string of the molecule is CCCOc1c(OCCCO)cc([C@H]2CC[C@H](c3cc(OC)c(OC)c(OC)c3)O2)cc1S(=O)(=O)CC(C)N. The van der Waals surface area contributed by atoms with Gasteiger partial charge < -0.3 is 39.3 Å². The molecule has 3 rings (SSSR count). The number of hydrogen-bond acceptors (Lipinski definition) is 10. The predicted molar refractivity (Wildman–Crippen MR) is 147 cm³/mol. The quantitative estimate of drug-likeness (QED) is 0.304. The summed E-state index contributed by atoms with van der Waals surface area (Å²) in [4.78, 5) is 0.0320. The van der Waals surface area contributed by atoms with Crippen molar-refractivity contribution in [3.8, 4) is 28.7 Å². The Kier molecular flexibility index (Phi) is 11.1. The first-order valence-electron chi connectivity index (χ1n) is 13.2. The molecule has 1 aliphatic rings. The van der Waals surface area contributed by atoms with Gasteiger partial charge in [-0.25, -0.2) is 8.42 Å². The zero-order valence-corrected chi connectivity index (χ0v) is 24.2. The van der Waals surface area contributed by atoms with Crippen molar-refractivity contribution in [3.63, 3.8) is 0 Å². The number of sulfone groups is 1. The number of hydrogen-bond donors (Lipinski definition) is 2. The fraction of sp³-hybridized carbons (Fsp3) is 0.571. The molecule has 1 aliphatic heterocycles. The lowest BCUT2D eigenvalue weighted by molar-refractivity contribution is 0.0434. The van der Waals surface area contributed by atoms with Gasteiger partial charge in [0.15, 0.2) is 32.8 Å². The van der Waals surface area contributed by atoms with Crippen LogP contribution in [0.25, 0.3) is 0 Å². The molecule has 10 nitrogen and oxygen atoms in total. The zero-order valence-electron chi connectivity index (χ0n) is 23.4. The third-order valence-corrected chi connectivity index (χ3v) is 8.26. The van der Waals surface area contributed by atoms with Crippen molar-refractivity contribution in [2.75, 3.05) is 46.9 Å². The summed E-state index contributed by atoms with van der Waals surface area (Å²) >= 11 is 0. The lowest BCUT2D eigenvalue weighted by Crippen LogP contribution is -2.26. The molecule has 0 saturated carbocycles. The van der Waals surface area contributed by atoms with Gasteiger partial charge in [-0.3, -0.25) is 0 Å². The van der Waals surface area contributed by atoms with Gasteiger partial charge in [0.1, 0.15) is 4.90 Å². The van der Waals surface area contributed by atoms with Crippen LogP contribution in [0.5, 0.6) is 28.7 Å². The van der Waals surface area contributed by atoms with E-state index in [2.05, 4.69) is 0 Å². The molecule has 39 heavy (non-hydrogen) atoms. The summed E-state index contributed by atoms with van der Waals surface area (Å²) in [5.41, 5.74) is 7.40. The van der Waals surface area contributed by atoms with Crippen LogP contribution < -0.4 is 29.4 Å². The van der Waals surface area contributed by atoms with Gasteiger partial charge in [-0.1, -0.05) is 6.92 Å². The first kappa shape index (κ1) is 30.8. The fourth-order valence-electron chi connectivity index (χ4n) is 4.56. The first-order valence-corrected chi connectivity index (χ1v) is 14.8. The van der Waals surface area contributed by atoms with E-state index < -0.39 is 22.0 Å². The number of rotatable bonds is 15. The van der Waals surface area contributed by atoms with E-state index in [0.717, 1.165) is 5.56 Å². The minimum atomic E-state index is -3.80. The van der Waals surface area contributed by atoms with E-state index in [0.29, 0.717) is 60.9 Å². The predicted octanol–water partition coefficient (Wildman–Crippen LogP) is 3.98. The minimum absolute atomic E-state index is 0.0320. The molecule has 2 aromatic rings. The molecule has 11 heteroatoms. The number of nitrogens with two attached hydrogens (primary N) is 1. The molecule has 0 aliphatic carbocycles. The third kappa shape index (κ3) is 7.47. The van der Waals surface area contributed by atoms with E-state index in [4.69, 9.17) is 34.2 Å². The molecule has 218 valence electrons. The average molecular weight is 568 g/mol. The fourth-order valence-corrected chi connectivity index (χ4v) is 6.19. The molecule has 0 amide bonds. The van der Waals surface area contributed by atoms with Crippen LogP contribution >= 0.6 is 0 Å². The van der Waals surface area contributed by atoms with Crippen molar-refractivity contribution < 1.29 is 41.9 Å². The van der Waals surface area contributed by atoms with Gasteiger partial charge >= 0.3 is 0 Å². The van der Waals surface area contributed by atoms with E-state index in [-0.39, 0.29) is 35.7 Å². The second-order valence-electron chi connectivity index (χ2n) is 9.53. The molecule has 2 aromatic carbocycles. The number of ether oxygens (including phenoxy) is 6. The Morgan fingerprint density at radius 1 is 0.923 bits per heavy atom. The summed E-state index contributed by atoms with van der Waals surface area (Å²) in [5.74, 6) is 1.78. The van der Waals surface area contributed by atoms with Crippen molar-refractivity contribution in [2.45, 2.75) is 62.7 Å². The van der Waals surface area contributed by atoms with Crippen LogP contribution in [0, 0.1) is 0 Å². The standard InChI is InChI=1S/C28H41NO9S/c1-6-11-37-28-25(36-12-7-10-30)15-20(16-26(28)39(31,32)17-18(2)29)22-9-8-21(38-22)19-13-23(33-3)27(35-5)24(14-19)34-4/h13-16,18,21-22,30H,6-12,17,29H2,1-5H3/t18?,21-,22-/m1/s1. The van der Waals surface area contributed by atoms with Gasteiger partial charge in [-0.2, -0.15) is 0 Å². The summed E-state index contributed by atoms with van der Waals surface area (Å²) < 4.78 is 61.6. The van der Waals surface area contributed by atoms with Gasteiger partial charge in [-0.15, -0.1) is 0 Å². The van der Waals surface area contributed by atoms with Gasteiger partial charge in [0.25, 0.3) is 0 Å². The van der Waals surface area contributed by atoms with Crippen LogP contribution in [0.4, 0.5) is 0 Å². The summed E-state index contributed by atoms with van der Waals surface area (Å²) in [5, 5.41) is 9.24. The van der Waals surface area contributed by atoms with Crippen LogP contribution in [0.1, 0.15) is 62.9 Å². The van der Waals surface area contributed by atoms with Crippen LogP contribution in [0.3, 0.4) is 0 Å². The van der Waals surface area contributed by atoms with E-state index in [1.165, 1.54) is 0 Å². The molecule has 1 saturated heterocycles. The Hall–Kier alpha value is -2.73. The molecule has 0 radical (unpaired) electrons. The lowest BCUT2D eigenvalue weighted by atomic mass is 10.0. The number of methoxy groups -OCH3 is 3. The van der Waals surface area contributed by atoms with Crippen LogP contribution in [0.15, 0.2) is 29.2 Å². The molecular weight excluding hydrogens is 526 g/mol. The lowest BCUT2D eigenvalue weighted by Gasteiger charge is -2.21. The van der Waals surface area contributed by atoms with Crippen molar-refractivity contribution in [2.24, 2.45) is 5.73 Å². The summed E-state index contributed by atoms with van der Waals surface area (Å²) in [6.45, 7) is 4.05. The smallest absolute Gasteiger partial charge is 0.203 e. The highest BCUT2D eigenvalue weighted by Gasteiger charge is 2.33. The number of aliphatic hydroxyl groups excluding tert-OH is 1. The second kappa shape index (κ2) is 14.1. The van der Waals surface area contributed by atoms with Gasteiger partial charge in [0.05, 0.1) is 52.5 Å². The van der Waals surface area contributed by atoms with E-state index in [9.17, 15) is 13.5 Å². The normalized spacial score (nSPS) is 18.0. The van der Waals surface area contributed by atoms with E-state index in [1.54, 1.807) is 40.4 Å². The van der Waals surface area contributed by atoms with Gasteiger partial charge in [0, 0.05) is 19.1 Å². The van der Waals surface area contributed by atoms with Crippen molar-refractivity contribution >= 4 is 9.84 Å². The third-order valence-electron chi connectivity index (χ3n) is 6.32. The summed E-state index contributed by atoms with van der Waals surface area (Å²) in [6.07, 6.45) is 1.76.